The van der Waals surface area contributed by atoms with E-state index in [2.05, 4.69) is 4.98 Å². The fourth-order valence-corrected chi connectivity index (χ4v) is 5.81. The first kappa shape index (κ1) is 18.8. The van der Waals surface area contributed by atoms with Crippen molar-refractivity contribution in [2.45, 2.75) is 36.5 Å². The van der Waals surface area contributed by atoms with Crippen LogP contribution in [0.4, 0.5) is 0 Å². The Hall–Kier alpha value is -1.97. The molecule has 0 spiro atoms. The summed E-state index contributed by atoms with van der Waals surface area (Å²) in [6.07, 6.45) is 3.43. The van der Waals surface area contributed by atoms with Crippen LogP contribution < -0.4 is 10.5 Å². The van der Waals surface area contributed by atoms with Crippen molar-refractivity contribution in [2.24, 2.45) is 5.73 Å². The molecule has 7 nitrogen and oxygen atoms in total. The standard InChI is InChI=1S/C17H21N3O4S2/c1-2-14-5-6-16(25-14)26(22,23)20-9-3-4-13(11-20)24-12-7-8-19-15(10-12)17(18)21/h5-8,10,13H,2-4,9,11H2,1H3,(H2,18,21). The minimum Gasteiger partial charge on any atom is -0.489 e. The molecule has 1 amide bonds. The lowest BCUT2D eigenvalue weighted by molar-refractivity contribution is 0.0993. The van der Waals surface area contributed by atoms with Crippen LogP contribution in [0.25, 0.3) is 0 Å². The monoisotopic (exact) mass is 395 g/mol. The van der Waals surface area contributed by atoms with E-state index < -0.39 is 15.9 Å². The van der Waals surface area contributed by atoms with E-state index in [0.717, 1.165) is 17.7 Å². The first-order valence-electron chi connectivity index (χ1n) is 8.41. The first-order valence-corrected chi connectivity index (χ1v) is 10.7. The third-order valence-electron chi connectivity index (χ3n) is 4.21. The highest BCUT2D eigenvalue weighted by Gasteiger charge is 2.32. The molecule has 1 atom stereocenters. The summed E-state index contributed by atoms with van der Waals surface area (Å²) in [6.45, 7) is 2.75. The number of aromatic nitrogens is 1. The second-order valence-corrected chi connectivity index (χ2v) is 9.39. The largest absolute Gasteiger partial charge is 0.489 e. The van der Waals surface area contributed by atoms with Crippen molar-refractivity contribution in [3.63, 3.8) is 0 Å². The van der Waals surface area contributed by atoms with Crippen LogP contribution in [-0.4, -0.2) is 42.8 Å². The van der Waals surface area contributed by atoms with Crippen molar-refractivity contribution in [1.29, 1.82) is 0 Å². The summed E-state index contributed by atoms with van der Waals surface area (Å²) in [5.74, 6) is -0.171. The summed E-state index contributed by atoms with van der Waals surface area (Å²) in [4.78, 5) is 16.2. The molecule has 3 heterocycles. The minimum absolute atomic E-state index is 0.119. The van der Waals surface area contributed by atoms with Crippen molar-refractivity contribution >= 4 is 27.3 Å². The molecule has 1 fully saturated rings. The number of carbonyl (C=O) groups is 1. The molecule has 0 bridgehead atoms. The Morgan fingerprint density at radius 3 is 2.92 bits per heavy atom. The van der Waals surface area contributed by atoms with Crippen LogP contribution in [0.5, 0.6) is 5.75 Å². The fourth-order valence-electron chi connectivity index (χ4n) is 2.85. The van der Waals surface area contributed by atoms with Crippen molar-refractivity contribution in [2.75, 3.05) is 13.1 Å². The quantitative estimate of drug-likeness (QED) is 0.806. The molecule has 0 saturated carbocycles. The zero-order valence-electron chi connectivity index (χ0n) is 14.4. The van der Waals surface area contributed by atoms with Crippen molar-refractivity contribution in [3.05, 3.63) is 41.0 Å². The normalized spacial score (nSPS) is 18.6. The van der Waals surface area contributed by atoms with E-state index in [1.807, 2.05) is 13.0 Å². The summed E-state index contributed by atoms with van der Waals surface area (Å²) in [5.41, 5.74) is 5.35. The molecule has 1 aliphatic rings. The lowest BCUT2D eigenvalue weighted by atomic mass is 10.1. The van der Waals surface area contributed by atoms with Crippen LogP contribution in [-0.2, 0) is 16.4 Å². The summed E-state index contributed by atoms with van der Waals surface area (Å²) in [7, 11) is -3.51. The first-order chi connectivity index (χ1) is 12.4. The van der Waals surface area contributed by atoms with Crippen molar-refractivity contribution in [1.82, 2.24) is 9.29 Å². The molecule has 9 heteroatoms. The fraction of sp³-hybridized carbons (Fsp3) is 0.412. The Labute approximate surface area is 156 Å². The average Bonchev–Trinajstić information content (AvgIpc) is 3.12. The van der Waals surface area contributed by atoms with E-state index in [1.54, 1.807) is 12.1 Å². The number of ether oxygens (including phenoxy) is 1. The highest BCUT2D eigenvalue weighted by atomic mass is 32.2. The van der Waals surface area contributed by atoms with Gasteiger partial charge in [0.1, 0.15) is 21.8 Å². The molecule has 2 aromatic heterocycles. The van der Waals surface area contributed by atoms with Gasteiger partial charge in [-0.25, -0.2) is 8.42 Å². The number of sulfonamides is 1. The molecule has 140 valence electrons. The molecule has 0 aromatic carbocycles. The maximum absolute atomic E-state index is 12.9. The molecular formula is C17H21N3O4S2. The number of aryl methyl sites for hydroxylation is 1. The summed E-state index contributed by atoms with van der Waals surface area (Å²) >= 11 is 1.31. The number of primary amides is 1. The zero-order valence-corrected chi connectivity index (χ0v) is 16.1. The molecule has 1 aliphatic heterocycles. The van der Waals surface area contributed by atoms with E-state index in [1.165, 1.54) is 27.9 Å². The van der Waals surface area contributed by atoms with Gasteiger partial charge in [0.15, 0.2) is 0 Å². The van der Waals surface area contributed by atoms with Gasteiger partial charge in [0.05, 0.1) is 6.54 Å². The summed E-state index contributed by atoms with van der Waals surface area (Å²) in [5, 5.41) is 0. The van der Waals surface area contributed by atoms with Crippen LogP contribution in [0.3, 0.4) is 0 Å². The second-order valence-electron chi connectivity index (χ2n) is 6.06. The van der Waals surface area contributed by atoms with Crippen molar-refractivity contribution in [3.8, 4) is 5.75 Å². The van der Waals surface area contributed by atoms with E-state index >= 15 is 0 Å². The molecular weight excluding hydrogens is 374 g/mol. The number of hydrogen-bond donors (Lipinski definition) is 1. The van der Waals surface area contributed by atoms with Gasteiger partial charge in [0.25, 0.3) is 15.9 Å². The van der Waals surface area contributed by atoms with Gasteiger partial charge in [-0.2, -0.15) is 4.31 Å². The molecule has 1 saturated heterocycles. The Bertz CT molecular complexity index is 895. The van der Waals surface area contributed by atoms with Gasteiger partial charge < -0.3 is 10.5 Å². The predicted molar refractivity (Wildman–Crippen MR) is 98.9 cm³/mol. The summed E-state index contributed by atoms with van der Waals surface area (Å²) in [6, 6.07) is 6.64. The smallest absolute Gasteiger partial charge is 0.267 e. The second kappa shape index (κ2) is 7.73. The lowest BCUT2D eigenvalue weighted by Crippen LogP contribution is -2.44. The van der Waals surface area contributed by atoms with Crippen LogP contribution in [0, 0.1) is 0 Å². The number of amides is 1. The highest BCUT2D eigenvalue weighted by molar-refractivity contribution is 7.91. The summed E-state index contributed by atoms with van der Waals surface area (Å²) < 4.78 is 33.5. The van der Waals surface area contributed by atoms with Crippen LogP contribution in [0.2, 0.25) is 0 Å². The number of hydrogen-bond acceptors (Lipinski definition) is 6. The molecule has 0 aliphatic carbocycles. The topological polar surface area (TPSA) is 103 Å². The molecule has 2 aromatic rings. The van der Waals surface area contributed by atoms with Gasteiger partial charge >= 0.3 is 0 Å². The molecule has 26 heavy (non-hydrogen) atoms. The maximum Gasteiger partial charge on any atom is 0.267 e. The zero-order chi connectivity index (χ0) is 18.7. The molecule has 1 unspecified atom stereocenters. The van der Waals surface area contributed by atoms with E-state index in [4.69, 9.17) is 10.5 Å². The van der Waals surface area contributed by atoms with E-state index in [0.29, 0.717) is 22.9 Å². The highest BCUT2D eigenvalue weighted by Crippen LogP contribution is 2.28. The van der Waals surface area contributed by atoms with E-state index in [-0.39, 0.29) is 18.3 Å². The Balaban J connectivity index is 1.73. The molecule has 0 radical (unpaired) electrons. The van der Waals surface area contributed by atoms with Gasteiger partial charge in [-0.05, 0) is 37.5 Å². The number of carbonyl (C=O) groups excluding carboxylic acids is 1. The van der Waals surface area contributed by atoms with Gasteiger partial charge in [-0.15, -0.1) is 11.3 Å². The average molecular weight is 396 g/mol. The number of nitrogens with two attached hydrogens (primary N) is 1. The van der Waals surface area contributed by atoms with E-state index in [9.17, 15) is 13.2 Å². The van der Waals surface area contributed by atoms with Gasteiger partial charge in [0, 0.05) is 23.7 Å². The predicted octanol–water partition coefficient (Wildman–Crippen LogP) is 2.04. The van der Waals surface area contributed by atoms with Gasteiger partial charge in [-0.1, -0.05) is 6.92 Å². The number of thiophene rings is 1. The maximum atomic E-state index is 12.9. The number of nitrogens with zero attached hydrogens (tertiary/aromatic N) is 2. The van der Waals surface area contributed by atoms with Crippen molar-refractivity contribution < 1.29 is 17.9 Å². The SMILES string of the molecule is CCc1ccc(S(=O)(=O)N2CCCC(Oc3ccnc(C(N)=O)c3)C2)s1. The Morgan fingerprint density at radius 1 is 1.42 bits per heavy atom. The van der Waals surface area contributed by atoms with Crippen LogP contribution in [0.15, 0.2) is 34.7 Å². The third kappa shape index (κ3) is 4.05. The minimum atomic E-state index is -3.51. The number of pyridine rings is 1. The van der Waals surface area contributed by atoms with Gasteiger partial charge in [-0.3, -0.25) is 9.78 Å². The van der Waals surface area contributed by atoms with Crippen LogP contribution in [0.1, 0.15) is 35.1 Å². The Kier molecular flexibility index (Phi) is 5.59. The van der Waals surface area contributed by atoms with Gasteiger partial charge in [0.2, 0.25) is 0 Å². The lowest BCUT2D eigenvalue weighted by Gasteiger charge is -2.31. The molecule has 2 N–H and O–H groups in total. The number of piperidine rings is 1. The molecule has 3 rings (SSSR count). The van der Waals surface area contributed by atoms with Crippen LogP contribution >= 0.6 is 11.3 Å². The third-order valence-corrected chi connectivity index (χ3v) is 7.77. The Morgan fingerprint density at radius 2 is 2.23 bits per heavy atom. The number of rotatable bonds is 6.